The van der Waals surface area contributed by atoms with E-state index in [1.165, 1.54) is 12.1 Å². The number of urea groups is 1. The van der Waals surface area contributed by atoms with E-state index in [-0.39, 0.29) is 11.8 Å². The van der Waals surface area contributed by atoms with Crippen molar-refractivity contribution in [2.45, 2.75) is 38.9 Å². The SMILES string of the molecule is CC(CNC(=O)N(Cc1ccc(F)cc1)C1CC1)Cn1cccn1. The maximum atomic E-state index is 13.0. The van der Waals surface area contributed by atoms with Crippen LogP contribution in [0.15, 0.2) is 42.7 Å². The zero-order chi connectivity index (χ0) is 16.9. The molecule has 0 aliphatic heterocycles. The van der Waals surface area contributed by atoms with Gasteiger partial charge >= 0.3 is 6.03 Å². The van der Waals surface area contributed by atoms with Gasteiger partial charge in [-0.15, -0.1) is 0 Å². The topological polar surface area (TPSA) is 50.2 Å². The van der Waals surface area contributed by atoms with Crippen LogP contribution >= 0.6 is 0 Å². The second-order valence-electron chi connectivity index (χ2n) is 6.50. The van der Waals surface area contributed by atoms with Crippen LogP contribution in [0.25, 0.3) is 0 Å². The van der Waals surface area contributed by atoms with Crippen LogP contribution in [0.1, 0.15) is 25.3 Å². The average molecular weight is 330 g/mol. The Labute approximate surface area is 141 Å². The Bertz CT molecular complexity index is 652. The average Bonchev–Trinajstić information content (AvgIpc) is 3.29. The first kappa shape index (κ1) is 16.5. The van der Waals surface area contributed by atoms with Gasteiger partial charge in [-0.25, -0.2) is 9.18 Å². The van der Waals surface area contributed by atoms with E-state index in [1.54, 1.807) is 18.3 Å². The molecule has 2 amide bonds. The van der Waals surface area contributed by atoms with Gasteiger partial charge in [-0.2, -0.15) is 5.10 Å². The Balaban J connectivity index is 1.51. The van der Waals surface area contributed by atoms with E-state index in [2.05, 4.69) is 17.3 Å². The quantitative estimate of drug-likeness (QED) is 0.848. The summed E-state index contributed by atoms with van der Waals surface area (Å²) in [6.07, 6.45) is 5.75. The van der Waals surface area contributed by atoms with Gasteiger partial charge in [0, 0.05) is 38.1 Å². The minimum Gasteiger partial charge on any atom is -0.338 e. The number of carbonyl (C=O) groups excluding carboxylic acids is 1. The third-order valence-corrected chi connectivity index (χ3v) is 4.17. The summed E-state index contributed by atoms with van der Waals surface area (Å²) in [4.78, 5) is 14.4. The number of amides is 2. The Morgan fingerprint density at radius 1 is 1.42 bits per heavy atom. The summed E-state index contributed by atoms with van der Waals surface area (Å²) >= 11 is 0. The molecule has 1 saturated carbocycles. The van der Waals surface area contributed by atoms with Gasteiger partial charge in [-0.05, 0) is 42.5 Å². The van der Waals surface area contributed by atoms with Crippen LogP contribution in [0.5, 0.6) is 0 Å². The normalized spacial score (nSPS) is 15.1. The van der Waals surface area contributed by atoms with E-state index in [0.29, 0.717) is 25.0 Å². The number of aromatic nitrogens is 2. The first-order valence-corrected chi connectivity index (χ1v) is 8.38. The third kappa shape index (κ3) is 4.57. The first-order valence-electron chi connectivity index (χ1n) is 8.38. The number of nitrogens with one attached hydrogen (secondary N) is 1. The molecule has 0 radical (unpaired) electrons. The molecule has 3 rings (SSSR count). The summed E-state index contributed by atoms with van der Waals surface area (Å²) in [5.41, 5.74) is 0.947. The lowest BCUT2D eigenvalue weighted by Gasteiger charge is -2.24. The van der Waals surface area contributed by atoms with Gasteiger partial charge in [0.1, 0.15) is 5.82 Å². The molecule has 128 valence electrons. The number of halogens is 1. The molecular formula is C18H23FN4O. The molecule has 5 nitrogen and oxygen atoms in total. The number of nitrogens with zero attached hydrogens (tertiary/aromatic N) is 3. The zero-order valence-corrected chi connectivity index (χ0v) is 13.9. The van der Waals surface area contributed by atoms with Gasteiger partial charge in [-0.3, -0.25) is 4.68 Å². The fraction of sp³-hybridized carbons (Fsp3) is 0.444. The van der Waals surface area contributed by atoms with E-state index < -0.39 is 0 Å². The summed E-state index contributed by atoms with van der Waals surface area (Å²) in [6.45, 7) is 3.98. The summed E-state index contributed by atoms with van der Waals surface area (Å²) in [5, 5.41) is 7.20. The summed E-state index contributed by atoms with van der Waals surface area (Å²) in [6, 6.07) is 8.49. The van der Waals surface area contributed by atoms with E-state index in [4.69, 9.17) is 0 Å². The monoisotopic (exact) mass is 330 g/mol. The van der Waals surface area contributed by atoms with E-state index in [0.717, 1.165) is 24.9 Å². The maximum absolute atomic E-state index is 13.0. The predicted octanol–water partition coefficient (Wildman–Crippen LogP) is 3.03. The molecule has 1 aromatic carbocycles. The number of carbonyl (C=O) groups is 1. The fourth-order valence-corrected chi connectivity index (χ4v) is 2.69. The molecule has 1 heterocycles. The Hall–Kier alpha value is -2.37. The van der Waals surface area contributed by atoms with Crippen LogP contribution in [0.3, 0.4) is 0 Å². The Morgan fingerprint density at radius 3 is 2.79 bits per heavy atom. The number of benzene rings is 1. The molecule has 1 aromatic heterocycles. The molecule has 1 N–H and O–H groups in total. The Morgan fingerprint density at radius 2 is 2.17 bits per heavy atom. The van der Waals surface area contributed by atoms with Crippen LogP contribution in [-0.2, 0) is 13.1 Å². The van der Waals surface area contributed by atoms with Crippen molar-refractivity contribution in [3.63, 3.8) is 0 Å². The van der Waals surface area contributed by atoms with Crippen molar-refractivity contribution in [2.75, 3.05) is 6.54 Å². The van der Waals surface area contributed by atoms with E-state index >= 15 is 0 Å². The minimum absolute atomic E-state index is 0.0471. The van der Waals surface area contributed by atoms with Crippen molar-refractivity contribution < 1.29 is 9.18 Å². The Kier molecular flexibility index (Phi) is 5.13. The van der Waals surface area contributed by atoms with Crippen LogP contribution in [0.2, 0.25) is 0 Å². The van der Waals surface area contributed by atoms with Crippen LogP contribution in [0.4, 0.5) is 9.18 Å². The summed E-state index contributed by atoms with van der Waals surface area (Å²) in [7, 11) is 0. The molecule has 1 aliphatic rings. The smallest absolute Gasteiger partial charge is 0.317 e. The van der Waals surface area contributed by atoms with Crippen molar-refractivity contribution in [1.29, 1.82) is 0 Å². The summed E-state index contributed by atoms with van der Waals surface area (Å²) < 4.78 is 14.9. The highest BCUT2D eigenvalue weighted by Crippen LogP contribution is 2.28. The van der Waals surface area contributed by atoms with Crippen molar-refractivity contribution in [1.82, 2.24) is 20.0 Å². The van der Waals surface area contributed by atoms with Gasteiger partial charge < -0.3 is 10.2 Å². The van der Waals surface area contributed by atoms with Gasteiger partial charge in [0.05, 0.1) is 0 Å². The number of hydrogen-bond donors (Lipinski definition) is 1. The van der Waals surface area contributed by atoms with Crippen LogP contribution < -0.4 is 5.32 Å². The van der Waals surface area contributed by atoms with Gasteiger partial charge in [-0.1, -0.05) is 19.1 Å². The van der Waals surface area contributed by atoms with Gasteiger partial charge in [0.15, 0.2) is 0 Å². The highest BCUT2D eigenvalue weighted by molar-refractivity contribution is 5.74. The molecule has 6 heteroatoms. The lowest BCUT2D eigenvalue weighted by atomic mass is 10.2. The molecule has 0 spiro atoms. The van der Waals surface area contributed by atoms with E-state index in [1.807, 2.05) is 21.8 Å². The van der Waals surface area contributed by atoms with Crippen molar-refractivity contribution in [2.24, 2.45) is 5.92 Å². The minimum atomic E-state index is -0.256. The van der Waals surface area contributed by atoms with Crippen molar-refractivity contribution in [3.05, 3.63) is 54.1 Å². The zero-order valence-electron chi connectivity index (χ0n) is 13.9. The molecule has 1 fully saturated rings. The van der Waals surface area contributed by atoms with Crippen LogP contribution in [-0.4, -0.2) is 33.3 Å². The molecular weight excluding hydrogens is 307 g/mol. The fourth-order valence-electron chi connectivity index (χ4n) is 2.69. The van der Waals surface area contributed by atoms with Crippen molar-refractivity contribution in [3.8, 4) is 0 Å². The van der Waals surface area contributed by atoms with E-state index in [9.17, 15) is 9.18 Å². The lowest BCUT2D eigenvalue weighted by Crippen LogP contribution is -2.42. The van der Waals surface area contributed by atoms with Crippen molar-refractivity contribution >= 4 is 6.03 Å². The van der Waals surface area contributed by atoms with Crippen LogP contribution in [0, 0.1) is 11.7 Å². The predicted molar refractivity (Wildman–Crippen MR) is 89.8 cm³/mol. The van der Waals surface area contributed by atoms with Gasteiger partial charge in [0.25, 0.3) is 0 Å². The molecule has 0 bridgehead atoms. The molecule has 24 heavy (non-hydrogen) atoms. The summed E-state index contributed by atoms with van der Waals surface area (Å²) in [5.74, 6) is 0.0364. The second kappa shape index (κ2) is 7.47. The standard InChI is InChI=1S/C18H23FN4O/c1-14(12-22-10-2-9-21-22)11-20-18(24)23(17-7-8-17)13-15-3-5-16(19)6-4-15/h2-6,9-10,14,17H,7-8,11-13H2,1H3,(H,20,24). The molecule has 2 aromatic rings. The molecule has 0 saturated heterocycles. The molecule has 1 atom stereocenters. The maximum Gasteiger partial charge on any atom is 0.317 e. The highest BCUT2D eigenvalue weighted by atomic mass is 19.1. The third-order valence-electron chi connectivity index (χ3n) is 4.17. The highest BCUT2D eigenvalue weighted by Gasteiger charge is 2.32. The molecule has 1 unspecified atom stereocenters. The van der Waals surface area contributed by atoms with Gasteiger partial charge in [0.2, 0.25) is 0 Å². The molecule has 1 aliphatic carbocycles. The largest absolute Gasteiger partial charge is 0.338 e. The number of hydrogen-bond acceptors (Lipinski definition) is 2. The first-order chi connectivity index (χ1) is 11.6. The lowest BCUT2D eigenvalue weighted by molar-refractivity contribution is 0.189. The second-order valence-corrected chi connectivity index (χ2v) is 6.50. The number of rotatable bonds is 7.